The maximum atomic E-state index is 11.7. The molecular weight excluding hydrogens is 392 g/mol. The fourth-order valence-corrected chi connectivity index (χ4v) is 2.27. The molecule has 2 rings (SSSR count). The summed E-state index contributed by atoms with van der Waals surface area (Å²) in [7, 11) is 0. The third kappa shape index (κ3) is 6.19. The number of rotatable bonds is 8. The van der Waals surface area contributed by atoms with Gasteiger partial charge in [0.25, 0.3) is 23.6 Å². The lowest BCUT2D eigenvalue weighted by Crippen LogP contribution is -2.33. The Balaban J connectivity index is 1.69. The molecule has 2 aliphatic rings. The van der Waals surface area contributed by atoms with Crippen LogP contribution in [0.5, 0.6) is 0 Å². The van der Waals surface area contributed by atoms with E-state index in [4.69, 9.17) is 0 Å². The molecule has 0 atom stereocenters. The van der Waals surface area contributed by atoms with E-state index in [1.807, 2.05) is 0 Å². The number of imide groups is 2. The molecule has 0 aliphatic carbocycles. The first-order chi connectivity index (χ1) is 13.7. The van der Waals surface area contributed by atoms with Gasteiger partial charge in [-0.1, -0.05) is 0 Å². The molecule has 2 fully saturated rings. The Hall–Kier alpha value is -3.64. The van der Waals surface area contributed by atoms with Gasteiger partial charge in [0.15, 0.2) is 0 Å². The fraction of sp³-hybridized carbons (Fsp3) is 0.500. The summed E-state index contributed by atoms with van der Waals surface area (Å²) in [5.74, 6) is -5.01. The summed E-state index contributed by atoms with van der Waals surface area (Å²) in [4.78, 5) is 89.6. The van der Waals surface area contributed by atoms with Crippen LogP contribution < -0.4 is 5.43 Å². The molecule has 0 radical (unpaired) electrons. The van der Waals surface area contributed by atoms with Crippen molar-refractivity contribution in [2.75, 3.05) is 0 Å². The van der Waals surface area contributed by atoms with Gasteiger partial charge in [-0.15, -0.1) is 10.1 Å². The van der Waals surface area contributed by atoms with Crippen molar-refractivity contribution in [1.29, 1.82) is 0 Å². The van der Waals surface area contributed by atoms with Crippen LogP contribution in [0.3, 0.4) is 0 Å². The summed E-state index contributed by atoms with van der Waals surface area (Å²) < 4.78 is 0. The van der Waals surface area contributed by atoms with E-state index < -0.39 is 54.3 Å². The van der Waals surface area contributed by atoms with Crippen molar-refractivity contribution >= 4 is 47.2 Å². The minimum atomic E-state index is -0.937. The van der Waals surface area contributed by atoms with Crippen molar-refractivity contribution in [2.45, 2.75) is 51.9 Å². The molecule has 156 valence electrons. The number of carbonyl (C=O) groups excluding carboxylic acids is 7. The average molecular weight is 410 g/mol. The highest BCUT2D eigenvalue weighted by molar-refractivity contribution is 6.03. The Bertz CT molecular complexity index is 772. The third-order valence-corrected chi connectivity index (χ3v) is 3.73. The van der Waals surface area contributed by atoms with Gasteiger partial charge in [-0.3, -0.25) is 24.0 Å². The number of amides is 5. The zero-order valence-electron chi connectivity index (χ0n) is 15.5. The zero-order chi connectivity index (χ0) is 21.6. The molecule has 0 saturated carbocycles. The Kier molecular flexibility index (Phi) is 7.11. The number of carbonyl (C=O) groups is 7. The highest BCUT2D eigenvalue weighted by Crippen LogP contribution is 2.13. The Morgan fingerprint density at radius 1 is 0.828 bits per heavy atom. The largest absolute Gasteiger partial charge is 0.338 e. The number of hydrogen-bond acceptors (Lipinski definition) is 10. The molecule has 0 bridgehead atoms. The van der Waals surface area contributed by atoms with Crippen LogP contribution >= 0.6 is 0 Å². The van der Waals surface area contributed by atoms with E-state index in [1.165, 1.54) is 6.92 Å². The van der Waals surface area contributed by atoms with Crippen LogP contribution in [-0.4, -0.2) is 57.3 Å². The van der Waals surface area contributed by atoms with Crippen LogP contribution in [0.2, 0.25) is 0 Å². The van der Waals surface area contributed by atoms with Gasteiger partial charge in [-0.25, -0.2) is 15.0 Å². The van der Waals surface area contributed by atoms with Crippen LogP contribution in [-0.2, 0) is 43.2 Å². The normalized spacial score (nSPS) is 17.1. The third-order valence-electron chi connectivity index (χ3n) is 3.73. The van der Waals surface area contributed by atoms with E-state index in [0.29, 0.717) is 10.1 Å². The molecule has 2 heterocycles. The molecule has 0 unspecified atom stereocenters. The van der Waals surface area contributed by atoms with Gasteiger partial charge in [0.2, 0.25) is 5.91 Å². The first-order valence-electron chi connectivity index (χ1n) is 8.62. The van der Waals surface area contributed by atoms with Crippen molar-refractivity contribution in [1.82, 2.24) is 15.6 Å². The topological polar surface area (TPSA) is 169 Å². The highest BCUT2D eigenvalue weighted by atomic mass is 16.7. The van der Waals surface area contributed by atoms with E-state index in [0.717, 1.165) is 0 Å². The first kappa shape index (κ1) is 21.7. The van der Waals surface area contributed by atoms with Crippen LogP contribution in [0, 0.1) is 0 Å². The first-order valence-corrected chi connectivity index (χ1v) is 8.62. The van der Waals surface area contributed by atoms with Gasteiger partial charge in [0.05, 0.1) is 12.8 Å². The molecule has 1 N–H and O–H groups in total. The monoisotopic (exact) mass is 410 g/mol. The molecule has 2 aliphatic heterocycles. The predicted molar refractivity (Wildman–Crippen MR) is 89.5 cm³/mol. The van der Waals surface area contributed by atoms with E-state index in [2.05, 4.69) is 20.2 Å². The Labute approximate surface area is 163 Å². The molecule has 0 aromatic carbocycles. The molecule has 2 saturated heterocycles. The molecule has 29 heavy (non-hydrogen) atoms. The average Bonchev–Trinajstić information content (AvgIpc) is 3.14. The van der Waals surface area contributed by atoms with Gasteiger partial charge in [0, 0.05) is 37.8 Å². The summed E-state index contributed by atoms with van der Waals surface area (Å²) in [6.45, 7) is 1.40. The van der Waals surface area contributed by atoms with E-state index in [9.17, 15) is 33.6 Å². The van der Waals surface area contributed by atoms with Gasteiger partial charge in [-0.05, 0) is 6.92 Å². The number of hydrazone groups is 1. The van der Waals surface area contributed by atoms with Crippen molar-refractivity contribution in [3.63, 3.8) is 0 Å². The summed E-state index contributed by atoms with van der Waals surface area (Å²) in [6.07, 6.45) is -1.27. The fourth-order valence-electron chi connectivity index (χ4n) is 2.27. The van der Waals surface area contributed by atoms with Crippen LogP contribution in [0.4, 0.5) is 0 Å². The highest BCUT2D eigenvalue weighted by Gasteiger charge is 2.33. The minimum absolute atomic E-state index is 0.0300. The quantitative estimate of drug-likeness (QED) is 0.295. The maximum Gasteiger partial charge on any atom is 0.338 e. The van der Waals surface area contributed by atoms with Gasteiger partial charge >= 0.3 is 11.9 Å². The second-order valence-electron chi connectivity index (χ2n) is 6.15. The van der Waals surface area contributed by atoms with Crippen molar-refractivity contribution < 1.29 is 43.2 Å². The lowest BCUT2D eigenvalue weighted by Gasteiger charge is -2.12. The summed E-state index contributed by atoms with van der Waals surface area (Å²) in [5, 5.41) is 4.42. The lowest BCUT2D eigenvalue weighted by molar-refractivity contribution is -0.197. The van der Waals surface area contributed by atoms with Crippen molar-refractivity contribution in [3.8, 4) is 0 Å². The Morgan fingerprint density at radius 2 is 1.28 bits per heavy atom. The molecule has 5 amide bonds. The van der Waals surface area contributed by atoms with E-state index >= 15 is 0 Å². The maximum absolute atomic E-state index is 11.7. The Morgan fingerprint density at radius 3 is 1.76 bits per heavy atom. The second-order valence-corrected chi connectivity index (χ2v) is 6.15. The zero-order valence-corrected chi connectivity index (χ0v) is 15.5. The smallest absolute Gasteiger partial charge is 0.330 e. The molecule has 0 spiro atoms. The van der Waals surface area contributed by atoms with Crippen LogP contribution in [0.25, 0.3) is 0 Å². The van der Waals surface area contributed by atoms with Crippen molar-refractivity contribution in [2.24, 2.45) is 5.10 Å². The van der Waals surface area contributed by atoms with Gasteiger partial charge < -0.3 is 9.68 Å². The standard InChI is InChI=1S/C16H18N4O9/c1-9(8-16(27)29-20-13(24)5-6-14(20)25)17-18-10(21)2-7-15(26)28-19-11(22)3-4-12(19)23/h2-8H2,1H3,(H,18,21)/b17-9+. The van der Waals surface area contributed by atoms with E-state index in [1.54, 1.807) is 0 Å². The summed E-state index contributed by atoms with van der Waals surface area (Å²) >= 11 is 0. The number of nitrogens with one attached hydrogen (secondary N) is 1. The van der Waals surface area contributed by atoms with E-state index in [-0.39, 0.29) is 37.8 Å². The number of hydrogen-bond donors (Lipinski definition) is 1. The minimum Gasteiger partial charge on any atom is -0.330 e. The summed E-state index contributed by atoms with van der Waals surface area (Å²) in [6, 6.07) is 0. The molecule has 0 aromatic heterocycles. The SMILES string of the molecule is C/C(CC(=O)ON1C(=O)CCC1=O)=N\NC(=O)CCC(=O)ON1C(=O)CCC1=O. The van der Waals surface area contributed by atoms with Crippen LogP contribution in [0.1, 0.15) is 51.9 Å². The molecule has 0 aromatic rings. The number of nitrogens with zero attached hydrogens (tertiary/aromatic N) is 3. The molecule has 13 heteroatoms. The molecular formula is C16H18N4O9. The second kappa shape index (κ2) is 9.52. The lowest BCUT2D eigenvalue weighted by atomic mass is 10.3. The van der Waals surface area contributed by atoms with Crippen molar-refractivity contribution in [3.05, 3.63) is 0 Å². The molecule has 13 nitrogen and oxygen atoms in total. The predicted octanol–water partition coefficient (Wildman–Crippen LogP) is -1.14. The van der Waals surface area contributed by atoms with Crippen LogP contribution in [0.15, 0.2) is 5.10 Å². The van der Waals surface area contributed by atoms with Gasteiger partial charge in [0.1, 0.15) is 0 Å². The summed E-state index contributed by atoms with van der Waals surface area (Å²) in [5.41, 5.74) is 2.23. The van der Waals surface area contributed by atoms with Gasteiger partial charge in [-0.2, -0.15) is 5.10 Å². The number of hydroxylamine groups is 4.